The lowest BCUT2D eigenvalue weighted by Gasteiger charge is -2.17. The van der Waals surface area contributed by atoms with E-state index in [9.17, 15) is 9.90 Å². The maximum atomic E-state index is 12.1. The highest BCUT2D eigenvalue weighted by atomic mass is 35.5. The molecule has 1 aromatic heterocycles. The van der Waals surface area contributed by atoms with E-state index in [0.29, 0.717) is 18.0 Å². The van der Waals surface area contributed by atoms with Crippen LogP contribution in [-0.2, 0) is 11.2 Å². The monoisotopic (exact) mass is 416 g/mol. The number of rotatable bonds is 9. The molecule has 2 aromatic rings. The molecule has 0 radical (unpaired) electrons. The zero-order valence-electron chi connectivity index (χ0n) is 14.6. The molecule has 3 N–H and O–H groups in total. The molecule has 0 saturated heterocycles. The van der Waals surface area contributed by atoms with Crippen LogP contribution in [0.4, 0.5) is 5.69 Å². The maximum absolute atomic E-state index is 12.1. The summed E-state index contributed by atoms with van der Waals surface area (Å²) in [5.41, 5.74) is 1.37. The zero-order chi connectivity index (χ0) is 19.1. The van der Waals surface area contributed by atoms with Gasteiger partial charge in [-0.25, -0.2) is 0 Å². The molecule has 2 rings (SSSR count). The Bertz CT molecular complexity index is 723. The molecule has 0 spiro atoms. The topological polar surface area (TPSA) is 70.6 Å². The van der Waals surface area contributed by atoms with Crippen LogP contribution in [-0.4, -0.2) is 36.3 Å². The van der Waals surface area contributed by atoms with Gasteiger partial charge >= 0.3 is 0 Å². The van der Waals surface area contributed by atoms with Gasteiger partial charge in [0, 0.05) is 12.6 Å². The first-order chi connectivity index (χ1) is 12.4. The molecule has 0 bridgehead atoms. The Morgan fingerprint density at radius 2 is 2.04 bits per heavy atom. The molecule has 1 heterocycles. The van der Waals surface area contributed by atoms with E-state index in [1.54, 1.807) is 12.1 Å². The smallest absolute Gasteiger partial charge is 0.228 e. The number of amides is 1. The van der Waals surface area contributed by atoms with Gasteiger partial charge in [-0.2, -0.15) is 11.3 Å². The quantitative estimate of drug-likeness (QED) is 0.578. The van der Waals surface area contributed by atoms with Crippen molar-refractivity contribution < 1.29 is 14.6 Å². The summed E-state index contributed by atoms with van der Waals surface area (Å²) in [5.74, 6) is 0.182. The van der Waals surface area contributed by atoms with Gasteiger partial charge < -0.3 is 20.5 Å². The summed E-state index contributed by atoms with van der Waals surface area (Å²) in [6.07, 6.45) is -0.401. The van der Waals surface area contributed by atoms with Gasteiger partial charge in [0.05, 0.1) is 17.1 Å². The SMILES string of the molecule is CC(C)NCC(O)COc1ccc(NC(=O)Cc2ccsc2)c(Cl)c1Cl. The third-order valence-electron chi connectivity index (χ3n) is 3.46. The van der Waals surface area contributed by atoms with Crippen LogP contribution in [0.15, 0.2) is 29.0 Å². The van der Waals surface area contributed by atoms with E-state index >= 15 is 0 Å². The number of carbonyl (C=O) groups is 1. The minimum absolute atomic E-state index is 0.0830. The molecule has 142 valence electrons. The van der Waals surface area contributed by atoms with E-state index in [1.165, 1.54) is 11.3 Å². The first kappa shape index (κ1) is 21.0. The fourth-order valence-electron chi connectivity index (χ4n) is 2.13. The minimum atomic E-state index is -0.669. The van der Waals surface area contributed by atoms with E-state index in [4.69, 9.17) is 27.9 Å². The van der Waals surface area contributed by atoms with Crippen molar-refractivity contribution in [1.82, 2.24) is 5.32 Å². The number of benzene rings is 1. The Labute approximate surface area is 167 Å². The third kappa shape index (κ3) is 6.45. The average molecular weight is 417 g/mol. The maximum Gasteiger partial charge on any atom is 0.228 e. The predicted molar refractivity (Wildman–Crippen MR) is 108 cm³/mol. The van der Waals surface area contributed by atoms with Gasteiger partial charge in [-0.05, 0) is 34.5 Å². The highest BCUT2D eigenvalue weighted by Gasteiger charge is 2.15. The summed E-state index contributed by atoms with van der Waals surface area (Å²) in [7, 11) is 0. The second-order valence-corrected chi connectivity index (χ2v) is 7.66. The number of thiophene rings is 1. The van der Waals surface area contributed by atoms with Crippen LogP contribution in [0.5, 0.6) is 5.75 Å². The highest BCUT2D eigenvalue weighted by molar-refractivity contribution is 7.08. The van der Waals surface area contributed by atoms with Crippen molar-refractivity contribution in [3.05, 3.63) is 44.6 Å². The van der Waals surface area contributed by atoms with Crippen molar-refractivity contribution in [2.75, 3.05) is 18.5 Å². The number of hydrogen-bond donors (Lipinski definition) is 3. The largest absolute Gasteiger partial charge is 0.489 e. The summed E-state index contributed by atoms with van der Waals surface area (Å²) >= 11 is 14.0. The Morgan fingerprint density at radius 1 is 1.27 bits per heavy atom. The standard InChI is InChI=1S/C18H22Cl2N2O3S/c1-11(2)21-8-13(23)9-25-15-4-3-14(17(19)18(15)20)22-16(24)7-12-5-6-26-10-12/h3-6,10-11,13,21,23H,7-9H2,1-2H3,(H,22,24). The number of aliphatic hydroxyl groups excluding tert-OH is 1. The van der Waals surface area contributed by atoms with Gasteiger partial charge in [0.25, 0.3) is 0 Å². The molecule has 0 saturated carbocycles. The van der Waals surface area contributed by atoms with Crippen LogP contribution >= 0.6 is 34.5 Å². The van der Waals surface area contributed by atoms with Gasteiger partial charge in [-0.15, -0.1) is 0 Å². The van der Waals surface area contributed by atoms with Crippen LogP contribution in [0.3, 0.4) is 0 Å². The Morgan fingerprint density at radius 3 is 2.69 bits per heavy atom. The van der Waals surface area contributed by atoms with Crippen LogP contribution in [0, 0.1) is 0 Å². The molecular weight excluding hydrogens is 395 g/mol. The van der Waals surface area contributed by atoms with Gasteiger partial charge in [0.1, 0.15) is 23.5 Å². The first-order valence-corrected chi connectivity index (χ1v) is 9.90. The van der Waals surface area contributed by atoms with Gasteiger partial charge in [0.15, 0.2) is 0 Å². The molecule has 1 amide bonds. The van der Waals surface area contributed by atoms with Crippen molar-refractivity contribution in [2.24, 2.45) is 0 Å². The molecule has 0 aliphatic heterocycles. The third-order valence-corrected chi connectivity index (χ3v) is 5.06. The number of ether oxygens (including phenoxy) is 1. The number of anilines is 1. The fourth-order valence-corrected chi connectivity index (χ4v) is 3.22. The van der Waals surface area contributed by atoms with Crippen LogP contribution in [0.2, 0.25) is 10.0 Å². The van der Waals surface area contributed by atoms with E-state index < -0.39 is 6.10 Å². The van der Waals surface area contributed by atoms with Crippen molar-refractivity contribution in [3.63, 3.8) is 0 Å². The molecule has 1 unspecified atom stereocenters. The van der Waals surface area contributed by atoms with E-state index in [1.807, 2.05) is 30.7 Å². The van der Waals surface area contributed by atoms with E-state index in [0.717, 1.165) is 5.56 Å². The number of nitrogens with one attached hydrogen (secondary N) is 2. The predicted octanol–water partition coefficient (Wildman–Crippen LogP) is 3.97. The number of aliphatic hydroxyl groups is 1. The summed E-state index contributed by atoms with van der Waals surface area (Å²) < 4.78 is 5.54. The van der Waals surface area contributed by atoms with Crippen molar-refractivity contribution >= 4 is 46.1 Å². The van der Waals surface area contributed by atoms with E-state index in [2.05, 4.69) is 10.6 Å². The van der Waals surface area contributed by atoms with Gasteiger partial charge in [-0.1, -0.05) is 37.0 Å². The van der Waals surface area contributed by atoms with Crippen molar-refractivity contribution in [3.8, 4) is 5.75 Å². The lowest BCUT2D eigenvalue weighted by atomic mass is 10.2. The second-order valence-electron chi connectivity index (χ2n) is 6.12. The molecule has 1 aromatic carbocycles. The molecule has 26 heavy (non-hydrogen) atoms. The number of hydrogen-bond acceptors (Lipinski definition) is 5. The van der Waals surface area contributed by atoms with Gasteiger partial charge in [0.2, 0.25) is 5.91 Å². The zero-order valence-corrected chi connectivity index (χ0v) is 16.9. The number of carbonyl (C=O) groups excluding carboxylic acids is 1. The fraction of sp³-hybridized carbons (Fsp3) is 0.389. The summed E-state index contributed by atoms with van der Waals surface area (Å²) in [6.45, 7) is 4.49. The Hall–Kier alpha value is -1.31. The molecule has 0 aliphatic rings. The van der Waals surface area contributed by atoms with Crippen molar-refractivity contribution in [2.45, 2.75) is 32.4 Å². The highest BCUT2D eigenvalue weighted by Crippen LogP contribution is 2.37. The molecule has 0 aliphatic carbocycles. The van der Waals surface area contributed by atoms with Crippen LogP contribution in [0.25, 0.3) is 0 Å². The second kappa shape index (κ2) is 10.1. The van der Waals surface area contributed by atoms with E-state index in [-0.39, 0.29) is 35.0 Å². The summed E-state index contributed by atoms with van der Waals surface area (Å²) in [4.78, 5) is 12.1. The summed E-state index contributed by atoms with van der Waals surface area (Å²) in [6, 6.07) is 5.43. The summed E-state index contributed by atoms with van der Waals surface area (Å²) in [5, 5.41) is 20.0. The lowest BCUT2D eigenvalue weighted by Crippen LogP contribution is -2.35. The molecular formula is C18H22Cl2N2O3S. The average Bonchev–Trinajstić information content (AvgIpc) is 3.09. The molecule has 8 heteroatoms. The Kier molecular flexibility index (Phi) is 8.18. The normalized spacial score (nSPS) is 12.2. The lowest BCUT2D eigenvalue weighted by molar-refractivity contribution is -0.115. The molecule has 1 atom stereocenters. The molecule has 5 nitrogen and oxygen atoms in total. The minimum Gasteiger partial charge on any atom is -0.489 e. The van der Waals surface area contributed by atoms with Gasteiger partial charge in [-0.3, -0.25) is 4.79 Å². The van der Waals surface area contributed by atoms with Crippen LogP contribution < -0.4 is 15.4 Å². The number of halogens is 2. The first-order valence-electron chi connectivity index (χ1n) is 8.20. The van der Waals surface area contributed by atoms with Crippen molar-refractivity contribution in [1.29, 1.82) is 0 Å². The Balaban J connectivity index is 1.93. The van der Waals surface area contributed by atoms with Crippen LogP contribution in [0.1, 0.15) is 19.4 Å². The molecule has 0 fully saturated rings.